The zero-order valence-corrected chi connectivity index (χ0v) is 12.8. The molecule has 0 aliphatic heterocycles. The molecule has 0 aromatic heterocycles. The Morgan fingerprint density at radius 1 is 1.28 bits per heavy atom. The molecule has 0 aromatic rings. The summed E-state index contributed by atoms with van der Waals surface area (Å²) in [7, 11) is -3.13. The molecule has 1 atom stereocenters. The van der Waals surface area contributed by atoms with Crippen molar-refractivity contribution in [3.05, 3.63) is 0 Å². The van der Waals surface area contributed by atoms with E-state index in [1.807, 2.05) is 6.92 Å². The third kappa shape index (κ3) is 9.23. The normalized spacial score (nSPS) is 14.7. The van der Waals surface area contributed by atoms with Gasteiger partial charge in [0.2, 0.25) is 10.0 Å². The molecule has 0 rings (SSSR count). The summed E-state index contributed by atoms with van der Waals surface area (Å²) in [6.45, 7) is 9.84. The van der Waals surface area contributed by atoms with Crippen molar-refractivity contribution in [2.75, 3.05) is 25.9 Å². The summed E-state index contributed by atoms with van der Waals surface area (Å²) in [5, 5.41) is 6.40. The molecule has 6 nitrogen and oxygen atoms in total. The minimum atomic E-state index is -3.13. The Balaban J connectivity index is 4.23. The number of nitrogens with zero attached hydrogens (tertiary/aromatic N) is 1. The summed E-state index contributed by atoms with van der Waals surface area (Å²) >= 11 is 0. The standard InChI is InChI=1S/C11H26N4O2S/c1-6-12-11(15-10(4)9(2)3)13-7-8-14-18(5,16)17/h9-10,14H,6-8H2,1-5H3,(H2,12,13,15). The van der Waals surface area contributed by atoms with E-state index in [9.17, 15) is 8.42 Å². The number of hydrogen-bond donors (Lipinski definition) is 3. The van der Waals surface area contributed by atoms with Crippen LogP contribution in [0.1, 0.15) is 27.7 Å². The van der Waals surface area contributed by atoms with Crippen molar-refractivity contribution < 1.29 is 8.42 Å². The first-order valence-electron chi connectivity index (χ1n) is 6.25. The minimum absolute atomic E-state index is 0.311. The van der Waals surface area contributed by atoms with Crippen LogP contribution in [0.5, 0.6) is 0 Å². The van der Waals surface area contributed by atoms with Gasteiger partial charge < -0.3 is 10.6 Å². The van der Waals surface area contributed by atoms with Gasteiger partial charge in [0, 0.05) is 19.1 Å². The first-order valence-corrected chi connectivity index (χ1v) is 8.15. The fraction of sp³-hybridized carbons (Fsp3) is 0.909. The molecule has 18 heavy (non-hydrogen) atoms. The van der Waals surface area contributed by atoms with Crippen LogP contribution >= 0.6 is 0 Å². The zero-order chi connectivity index (χ0) is 14.2. The lowest BCUT2D eigenvalue weighted by Crippen LogP contribution is -2.44. The lowest BCUT2D eigenvalue weighted by molar-refractivity contribution is 0.481. The van der Waals surface area contributed by atoms with Crippen molar-refractivity contribution in [2.45, 2.75) is 33.7 Å². The molecule has 0 aliphatic rings. The van der Waals surface area contributed by atoms with Crippen LogP contribution in [0.3, 0.4) is 0 Å². The molecule has 0 fully saturated rings. The second-order valence-electron chi connectivity index (χ2n) is 4.60. The summed E-state index contributed by atoms with van der Waals surface area (Å²) in [4.78, 5) is 4.31. The molecule has 0 heterocycles. The van der Waals surface area contributed by atoms with Crippen molar-refractivity contribution in [1.82, 2.24) is 15.4 Å². The Hall–Kier alpha value is -0.820. The maximum absolute atomic E-state index is 10.9. The second-order valence-corrected chi connectivity index (χ2v) is 6.44. The lowest BCUT2D eigenvalue weighted by atomic mass is 10.1. The first kappa shape index (κ1) is 17.2. The van der Waals surface area contributed by atoms with Crippen LogP contribution < -0.4 is 15.4 Å². The molecule has 0 spiro atoms. The van der Waals surface area contributed by atoms with Gasteiger partial charge in [-0.1, -0.05) is 13.8 Å². The highest BCUT2D eigenvalue weighted by Gasteiger charge is 2.08. The molecule has 0 saturated carbocycles. The van der Waals surface area contributed by atoms with Crippen LogP contribution in [0.4, 0.5) is 0 Å². The predicted molar refractivity (Wildman–Crippen MR) is 76.3 cm³/mol. The van der Waals surface area contributed by atoms with E-state index in [0.717, 1.165) is 12.8 Å². The van der Waals surface area contributed by atoms with Crippen LogP contribution in [0.2, 0.25) is 0 Å². The average molecular weight is 278 g/mol. The Kier molecular flexibility index (Phi) is 7.93. The third-order valence-electron chi connectivity index (χ3n) is 2.45. The Labute approximate surface area is 111 Å². The minimum Gasteiger partial charge on any atom is -0.357 e. The quantitative estimate of drug-likeness (QED) is 0.351. The highest BCUT2D eigenvalue weighted by molar-refractivity contribution is 7.88. The van der Waals surface area contributed by atoms with Gasteiger partial charge in [-0.3, -0.25) is 4.99 Å². The number of rotatable bonds is 7. The first-order chi connectivity index (χ1) is 8.26. The van der Waals surface area contributed by atoms with E-state index in [1.54, 1.807) is 0 Å². The van der Waals surface area contributed by atoms with Crippen LogP contribution in [0.25, 0.3) is 0 Å². The van der Waals surface area contributed by atoms with Gasteiger partial charge in [0.15, 0.2) is 5.96 Å². The number of hydrogen-bond acceptors (Lipinski definition) is 3. The SMILES string of the molecule is CCNC(=NCCNS(C)(=O)=O)NC(C)C(C)C. The summed E-state index contributed by atoms with van der Waals surface area (Å²) in [5.41, 5.74) is 0. The Bertz CT molecular complexity index is 352. The van der Waals surface area contributed by atoms with Gasteiger partial charge >= 0.3 is 0 Å². The van der Waals surface area contributed by atoms with E-state index in [0.29, 0.717) is 31.0 Å². The summed E-state index contributed by atoms with van der Waals surface area (Å²) in [5.74, 6) is 1.22. The van der Waals surface area contributed by atoms with E-state index >= 15 is 0 Å². The van der Waals surface area contributed by atoms with E-state index < -0.39 is 10.0 Å². The van der Waals surface area contributed by atoms with Crippen molar-refractivity contribution >= 4 is 16.0 Å². The molecule has 3 N–H and O–H groups in total. The zero-order valence-electron chi connectivity index (χ0n) is 11.9. The van der Waals surface area contributed by atoms with Crippen molar-refractivity contribution in [1.29, 1.82) is 0 Å². The molecule has 0 aliphatic carbocycles. The monoisotopic (exact) mass is 278 g/mol. The van der Waals surface area contributed by atoms with Gasteiger partial charge in [0.1, 0.15) is 0 Å². The smallest absolute Gasteiger partial charge is 0.208 e. The molecule has 1 unspecified atom stereocenters. The molecule has 0 aromatic carbocycles. The molecule has 0 radical (unpaired) electrons. The van der Waals surface area contributed by atoms with E-state index in [1.165, 1.54) is 0 Å². The van der Waals surface area contributed by atoms with Gasteiger partial charge in [0.25, 0.3) is 0 Å². The largest absolute Gasteiger partial charge is 0.357 e. The molecular formula is C11H26N4O2S. The number of nitrogens with one attached hydrogen (secondary N) is 3. The van der Waals surface area contributed by atoms with E-state index in [-0.39, 0.29) is 0 Å². The molecular weight excluding hydrogens is 252 g/mol. The molecule has 0 saturated heterocycles. The summed E-state index contributed by atoms with van der Waals surface area (Å²) < 4.78 is 24.2. The summed E-state index contributed by atoms with van der Waals surface area (Å²) in [6.07, 6.45) is 1.14. The van der Waals surface area contributed by atoms with E-state index in [2.05, 4.69) is 41.1 Å². The van der Waals surface area contributed by atoms with Gasteiger partial charge in [-0.2, -0.15) is 0 Å². The molecule has 0 bridgehead atoms. The average Bonchev–Trinajstić information content (AvgIpc) is 2.22. The third-order valence-corrected chi connectivity index (χ3v) is 3.18. The highest BCUT2D eigenvalue weighted by atomic mass is 32.2. The maximum Gasteiger partial charge on any atom is 0.208 e. The van der Waals surface area contributed by atoms with Gasteiger partial charge in [-0.15, -0.1) is 0 Å². The fourth-order valence-electron chi connectivity index (χ4n) is 1.10. The van der Waals surface area contributed by atoms with Gasteiger partial charge in [-0.25, -0.2) is 13.1 Å². The number of aliphatic imine (C=N–C) groups is 1. The molecule has 108 valence electrons. The van der Waals surface area contributed by atoms with Crippen molar-refractivity contribution in [3.8, 4) is 0 Å². The summed E-state index contributed by atoms with van der Waals surface area (Å²) in [6, 6.07) is 0.311. The number of sulfonamides is 1. The van der Waals surface area contributed by atoms with Crippen LogP contribution in [-0.4, -0.2) is 46.3 Å². The van der Waals surface area contributed by atoms with Gasteiger partial charge in [-0.05, 0) is 19.8 Å². The van der Waals surface area contributed by atoms with Crippen molar-refractivity contribution in [2.24, 2.45) is 10.9 Å². The Morgan fingerprint density at radius 3 is 2.33 bits per heavy atom. The fourth-order valence-corrected chi connectivity index (χ4v) is 1.56. The topological polar surface area (TPSA) is 82.6 Å². The van der Waals surface area contributed by atoms with Crippen LogP contribution in [0, 0.1) is 5.92 Å². The molecule has 0 amide bonds. The Morgan fingerprint density at radius 2 is 1.89 bits per heavy atom. The van der Waals surface area contributed by atoms with Crippen LogP contribution in [-0.2, 0) is 10.0 Å². The molecule has 7 heteroatoms. The highest BCUT2D eigenvalue weighted by Crippen LogP contribution is 1.98. The van der Waals surface area contributed by atoms with E-state index in [4.69, 9.17) is 0 Å². The number of guanidine groups is 1. The predicted octanol–water partition coefficient (Wildman–Crippen LogP) is 0.135. The maximum atomic E-state index is 10.9. The van der Waals surface area contributed by atoms with Crippen LogP contribution in [0.15, 0.2) is 4.99 Å². The lowest BCUT2D eigenvalue weighted by Gasteiger charge is -2.20. The second kappa shape index (κ2) is 8.31. The van der Waals surface area contributed by atoms with Gasteiger partial charge in [0.05, 0.1) is 12.8 Å². The van der Waals surface area contributed by atoms with Crippen molar-refractivity contribution in [3.63, 3.8) is 0 Å².